The fourth-order valence-electron chi connectivity index (χ4n) is 4.27. The molecule has 162 valence electrons. The average molecular weight is 428 g/mol. The molecule has 1 fully saturated rings. The predicted octanol–water partition coefficient (Wildman–Crippen LogP) is 3.77. The van der Waals surface area contributed by atoms with E-state index in [9.17, 15) is 4.79 Å². The molecule has 1 aliphatic rings. The second-order valence-electron chi connectivity index (χ2n) is 7.91. The maximum Gasteiger partial charge on any atom is 0.223 e. The number of anilines is 1. The summed E-state index contributed by atoms with van der Waals surface area (Å²) in [6, 6.07) is 13.9. The van der Waals surface area contributed by atoms with Crippen molar-refractivity contribution in [1.82, 2.24) is 29.4 Å². The Morgan fingerprint density at radius 1 is 1.12 bits per heavy atom. The van der Waals surface area contributed by atoms with Crippen LogP contribution in [0.2, 0.25) is 0 Å². The van der Waals surface area contributed by atoms with E-state index in [1.165, 1.54) is 0 Å². The molecule has 5 rings (SSSR count). The van der Waals surface area contributed by atoms with Crippen molar-refractivity contribution in [2.75, 3.05) is 18.4 Å². The molecular weight excluding hydrogens is 402 g/mol. The van der Waals surface area contributed by atoms with Crippen molar-refractivity contribution >= 4 is 22.6 Å². The SMILES string of the molecule is O=C(CCCNc1ncnc2ccccc12)N1CCC[C@H]1c1cccc(-n2ccnc2)n1. The second kappa shape index (κ2) is 9.13. The third-order valence-corrected chi connectivity index (χ3v) is 5.84. The molecule has 32 heavy (non-hydrogen) atoms. The van der Waals surface area contributed by atoms with Gasteiger partial charge in [0.1, 0.15) is 24.3 Å². The molecule has 1 saturated heterocycles. The van der Waals surface area contributed by atoms with E-state index in [0.29, 0.717) is 13.0 Å². The van der Waals surface area contributed by atoms with Gasteiger partial charge >= 0.3 is 0 Å². The van der Waals surface area contributed by atoms with Gasteiger partial charge < -0.3 is 10.2 Å². The van der Waals surface area contributed by atoms with E-state index in [2.05, 4.69) is 20.3 Å². The molecule has 0 aliphatic carbocycles. The number of benzene rings is 1. The Kier molecular flexibility index (Phi) is 5.74. The van der Waals surface area contributed by atoms with Gasteiger partial charge in [-0.2, -0.15) is 0 Å². The van der Waals surface area contributed by atoms with Gasteiger partial charge in [0.2, 0.25) is 5.91 Å². The first-order valence-corrected chi connectivity index (χ1v) is 11.0. The highest BCUT2D eigenvalue weighted by Gasteiger charge is 2.30. The van der Waals surface area contributed by atoms with E-state index in [1.807, 2.05) is 58.1 Å². The highest BCUT2D eigenvalue weighted by Crippen LogP contribution is 2.32. The molecule has 1 amide bonds. The average Bonchev–Trinajstić information content (AvgIpc) is 3.55. The Bertz CT molecular complexity index is 1200. The molecule has 0 radical (unpaired) electrons. The van der Waals surface area contributed by atoms with Crippen LogP contribution in [0.5, 0.6) is 0 Å². The van der Waals surface area contributed by atoms with E-state index >= 15 is 0 Å². The first kappa shape index (κ1) is 20.1. The first-order chi connectivity index (χ1) is 15.8. The van der Waals surface area contributed by atoms with Crippen molar-refractivity contribution in [2.45, 2.75) is 31.7 Å². The number of nitrogens with one attached hydrogen (secondary N) is 1. The van der Waals surface area contributed by atoms with Gasteiger partial charge in [-0.15, -0.1) is 0 Å². The number of fused-ring (bicyclic) bond motifs is 1. The van der Waals surface area contributed by atoms with E-state index in [1.54, 1.807) is 18.9 Å². The van der Waals surface area contributed by atoms with Crippen LogP contribution in [0.4, 0.5) is 5.82 Å². The molecule has 4 aromatic rings. The molecule has 0 bridgehead atoms. The molecule has 1 aliphatic heterocycles. The maximum absolute atomic E-state index is 13.0. The van der Waals surface area contributed by atoms with Crippen LogP contribution in [-0.4, -0.2) is 48.4 Å². The maximum atomic E-state index is 13.0. The molecule has 1 aromatic carbocycles. The molecule has 8 heteroatoms. The summed E-state index contributed by atoms with van der Waals surface area (Å²) in [5.41, 5.74) is 1.85. The molecule has 1 N–H and O–H groups in total. The lowest BCUT2D eigenvalue weighted by Gasteiger charge is -2.25. The van der Waals surface area contributed by atoms with Gasteiger partial charge in [-0.25, -0.2) is 19.9 Å². The smallest absolute Gasteiger partial charge is 0.223 e. The number of nitrogens with zero attached hydrogens (tertiary/aromatic N) is 6. The minimum atomic E-state index is 0.0322. The molecule has 0 saturated carbocycles. The molecule has 1 atom stereocenters. The van der Waals surface area contributed by atoms with Crippen molar-refractivity contribution in [2.24, 2.45) is 0 Å². The zero-order valence-electron chi connectivity index (χ0n) is 17.8. The summed E-state index contributed by atoms with van der Waals surface area (Å²) in [6.45, 7) is 1.46. The van der Waals surface area contributed by atoms with Crippen molar-refractivity contribution in [1.29, 1.82) is 0 Å². The predicted molar refractivity (Wildman–Crippen MR) is 122 cm³/mol. The van der Waals surface area contributed by atoms with Crippen LogP contribution >= 0.6 is 0 Å². The highest BCUT2D eigenvalue weighted by molar-refractivity contribution is 5.88. The van der Waals surface area contributed by atoms with Gasteiger partial charge in [-0.3, -0.25) is 9.36 Å². The van der Waals surface area contributed by atoms with E-state index < -0.39 is 0 Å². The summed E-state index contributed by atoms with van der Waals surface area (Å²) in [5, 5.41) is 4.35. The van der Waals surface area contributed by atoms with Gasteiger partial charge in [-0.05, 0) is 43.5 Å². The Balaban J connectivity index is 1.20. The number of carbonyl (C=O) groups excluding carboxylic acids is 1. The summed E-state index contributed by atoms with van der Waals surface area (Å²) in [6.07, 6.45) is 10.1. The van der Waals surface area contributed by atoms with Crippen molar-refractivity contribution in [3.05, 3.63) is 73.2 Å². The summed E-state index contributed by atoms with van der Waals surface area (Å²) in [7, 11) is 0. The van der Waals surface area contributed by atoms with Crippen LogP contribution in [0.1, 0.15) is 37.4 Å². The monoisotopic (exact) mass is 427 g/mol. The number of hydrogen-bond acceptors (Lipinski definition) is 6. The molecule has 0 spiro atoms. The van der Waals surface area contributed by atoms with Crippen molar-refractivity contribution < 1.29 is 4.79 Å². The van der Waals surface area contributed by atoms with Crippen molar-refractivity contribution in [3.8, 4) is 5.82 Å². The number of pyridine rings is 1. The van der Waals surface area contributed by atoms with Crippen LogP contribution in [0.3, 0.4) is 0 Å². The molecule has 4 heterocycles. The quantitative estimate of drug-likeness (QED) is 0.452. The number of hydrogen-bond donors (Lipinski definition) is 1. The largest absolute Gasteiger partial charge is 0.369 e. The van der Waals surface area contributed by atoms with Crippen LogP contribution in [0.25, 0.3) is 16.7 Å². The lowest BCUT2D eigenvalue weighted by Crippen LogP contribution is -2.31. The minimum absolute atomic E-state index is 0.0322. The third kappa shape index (κ3) is 4.16. The number of likely N-dealkylation sites (tertiary alicyclic amines) is 1. The number of amides is 1. The standard InChI is InChI=1S/C24H25N7O/c32-23(11-4-12-26-24-18-6-1-2-7-19(18)27-16-28-24)31-14-5-9-21(31)20-8-3-10-22(29-20)30-15-13-25-17-30/h1-3,6-8,10,13,15-17,21H,4-5,9,11-12,14H2,(H,26,27,28)/t21-/m0/s1. The number of imidazole rings is 1. The zero-order valence-corrected chi connectivity index (χ0v) is 17.8. The Labute approximate surface area is 186 Å². The Morgan fingerprint density at radius 3 is 2.97 bits per heavy atom. The summed E-state index contributed by atoms with van der Waals surface area (Å²) < 4.78 is 1.88. The third-order valence-electron chi connectivity index (χ3n) is 5.84. The lowest BCUT2D eigenvalue weighted by molar-refractivity contribution is -0.132. The Morgan fingerprint density at radius 2 is 2.06 bits per heavy atom. The number of rotatable bonds is 7. The fraction of sp³-hybridized carbons (Fsp3) is 0.292. The summed E-state index contributed by atoms with van der Waals surface area (Å²) in [5.74, 6) is 1.81. The first-order valence-electron chi connectivity index (χ1n) is 11.0. The van der Waals surface area contributed by atoms with Crippen LogP contribution in [-0.2, 0) is 4.79 Å². The number of aromatic nitrogens is 5. The number of para-hydroxylation sites is 1. The normalized spacial score (nSPS) is 15.9. The van der Waals surface area contributed by atoms with Gasteiger partial charge in [0, 0.05) is 37.3 Å². The molecule has 0 unspecified atom stereocenters. The fourth-order valence-corrected chi connectivity index (χ4v) is 4.27. The van der Waals surface area contributed by atoms with Crippen LogP contribution in [0.15, 0.2) is 67.5 Å². The van der Waals surface area contributed by atoms with Gasteiger partial charge in [0.15, 0.2) is 0 Å². The van der Waals surface area contributed by atoms with E-state index in [-0.39, 0.29) is 11.9 Å². The summed E-state index contributed by atoms with van der Waals surface area (Å²) in [4.78, 5) is 32.5. The minimum Gasteiger partial charge on any atom is -0.369 e. The van der Waals surface area contributed by atoms with Gasteiger partial charge in [0.25, 0.3) is 0 Å². The van der Waals surface area contributed by atoms with Gasteiger partial charge in [0.05, 0.1) is 17.3 Å². The van der Waals surface area contributed by atoms with Crippen LogP contribution < -0.4 is 5.32 Å². The topological polar surface area (TPSA) is 88.8 Å². The zero-order chi connectivity index (χ0) is 21.8. The van der Waals surface area contributed by atoms with E-state index in [4.69, 9.17) is 4.98 Å². The van der Waals surface area contributed by atoms with Gasteiger partial charge in [-0.1, -0.05) is 18.2 Å². The Hall–Kier alpha value is -3.81. The highest BCUT2D eigenvalue weighted by atomic mass is 16.2. The van der Waals surface area contributed by atoms with Crippen LogP contribution in [0, 0.1) is 0 Å². The second-order valence-corrected chi connectivity index (χ2v) is 7.91. The molecular formula is C24H25N7O. The lowest BCUT2D eigenvalue weighted by atomic mass is 10.1. The van der Waals surface area contributed by atoms with E-state index in [0.717, 1.165) is 54.0 Å². The summed E-state index contributed by atoms with van der Waals surface area (Å²) >= 11 is 0. The molecule has 8 nitrogen and oxygen atoms in total. The van der Waals surface area contributed by atoms with Crippen molar-refractivity contribution in [3.63, 3.8) is 0 Å². The number of carbonyl (C=O) groups is 1. The molecule has 3 aromatic heterocycles.